The predicted octanol–water partition coefficient (Wildman–Crippen LogP) is 5.99. The van der Waals surface area contributed by atoms with Gasteiger partial charge in [-0.1, -0.05) is 71.6 Å². The van der Waals surface area contributed by atoms with Crippen LogP contribution in [0.4, 0.5) is 0 Å². The van der Waals surface area contributed by atoms with Gasteiger partial charge in [-0.15, -0.1) is 26.9 Å². The molecule has 171 valence electrons. The fourth-order valence-electron chi connectivity index (χ4n) is 2.69. The molecular formula is C25H17IrN4O2S2-. The van der Waals surface area contributed by atoms with E-state index in [9.17, 15) is 9.90 Å². The van der Waals surface area contributed by atoms with Crippen LogP contribution in [-0.4, -0.2) is 31.3 Å². The van der Waals surface area contributed by atoms with E-state index < -0.39 is 0 Å². The van der Waals surface area contributed by atoms with E-state index in [0.717, 1.165) is 9.75 Å². The molecule has 0 amide bonds. The van der Waals surface area contributed by atoms with Crippen molar-refractivity contribution in [3.63, 3.8) is 0 Å². The number of rotatable bonds is 5. The van der Waals surface area contributed by atoms with E-state index in [0.29, 0.717) is 22.8 Å². The zero-order valence-electron chi connectivity index (χ0n) is 17.5. The Morgan fingerprint density at radius 3 is 1.94 bits per heavy atom. The van der Waals surface area contributed by atoms with Crippen molar-refractivity contribution < 1.29 is 30.0 Å². The number of carbonyl (C=O) groups is 1. The van der Waals surface area contributed by atoms with Crippen molar-refractivity contribution in [2.75, 3.05) is 0 Å². The normalized spacial score (nSPS) is 10.5. The predicted molar refractivity (Wildman–Crippen MR) is 131 cm³/mol. The maximum Gasteiger partial charge on any atom is 0.211 e. The van der Waals surface area contributed by atoms with Crippen LogP contribution in [0.3, 0.4) is 0 Å². The number of thiophene rings is 2. The summed E-state index contributed by atoms with van der Waals surface area (Å²) in [7, 11) is 0. The summed E-state index contributed by atoms with van der Waals surface area (Å²) in [6.07, 6.45) is 1.24. The summed E-state index contributed by atoms with van der Waals surface area (Å²) < 4.78 is 0. The zero-order valence-corrected chi connectivity index (χ0v) is 21.6. The molecule has 0 saturated carbocycles. The van der Waals surface area contributed by atoms with Crippen LogP contribution in [0.25, 0.3) is 27.2 Å². The number of benzene rings is 2. The fraction of sp³-hybridized carbons (Fsp3) is 0. The van der Waals surface area contributed by atoms with Crippen molar-refractivity contribution >= 4 is 34.2 Å². The number of aromatic nitrogens is 4. The van der Waals surface area contributed by atoms with Crippen LogP contribution in [0.1, 0.15) is 15.9 Å². The average Bonchev–Trinajstić information content (AvgIpc) is 3.61. The van der Waals surface area contributed by atoms with Crippen molar-refractivity contribution in [1.82, 2.24) is 20.4 Å². The first-order valence-corrected chi connectivity index (χ1v) is 11.6. The summed E-state index contributed by atoms with van der Waals surface area (Å²) in [6.45, 7) is 0. The molecule has 0 unspecified atom stereocenters. The average molecular weight is 662 g/mol. The van der Waals surface area contributed by atoms with Crippen molar-refractivity contribution in [3.05, 3.63) is 113 Å². The molecule has 0 spiro atoms. The molecular weight excluding hydrogens is 645 g/mol. The van der Waals surface area contributed by atoms with Crippen molar-refractivity contribution in [2.24, 2.45) is 0 Å². The third kappa shape index (κ3) is 6.82. The van der Waals surface area contributed by atoms with E-state index in [2.05, 4.69) is 26.5 Å². The fourth-order valence-corrected chi connectivity index (χ4v) is 3.93. The molecule has 3 heterocycles. The molecule has 0 aliphatic heterocycles. The van der Waals surface area contributed by atoms with Gasteiger partial charge in [0.15, 0.2) is 5.78 Å². The van der Waals surface area contributed by atoms with Gasteiger partial charge in [-0.05, 0) is 11.4 Å². The number of nitrogens with zero attached hydrogens (tertiary/aromatic N) is 4. The molecule has 0 bridgehead atoms. The third-order valence-electron chi connectivity index (χ3n) is 4.29. The number of hydrogen-bond acceptors (Lipinski definition) is 8. The molecule has 1 N–H and O–H groups in total. The molecule has 6 nitrogen and oxygen atoms in total. The van der Waals surface area contributed by atoms with Gasteiger partial charge >= 0.3 is 0 Å². The molecule has 0 fully saturated rings. The summed E-state index contributed by atoms with van der Waals surface area (Å²) in [5.41, 5.74) is 1.20. The molecule has 9 heteroatoms. The first-order chi connectivity index (χ1) is 16.2. The van der Waals surface area contributed by atoms with Gasteiger partial charge in [0.05, 0.1) is 4.88 Å². The first kappa shape index (κ1) is 25.3. The van der Waals surface area contributed by atoms with E-state index in [-0.39, 0.29) is 31.6 Å². The van der Waals surface area contributed by atoms with Crippen LogP contribution in [0.5, 0.6) is 0 Å². The molecule has 3 aromatic heterocycles. The SMILES string of the molecule is O=C(/C=C(\O)c1ccccc1)c1ccccc1.[Ir].[c-]1ccsc1-c1nnc(-c2cccs2)nn1. The zero-order chi connectivity index (χ0) is 22.9. The summed E-state index contributed by atoms with van der Waals surface area (Å²) in [5.74, 6) is 0.872. The number of aliphatic hydroxyl groups is 1. The molecule has 34 heavy (non-hydrogen) atoms. The van der Waals surface area contributed by atoms with E-state index in [1.165, 1.54) is 17.4 Å². The van der Waals surface area contributed by atoms with Gasteiger partial charge in [0.1, 0.15) is 11.6 Å². The Balaban J connectivity index is 0.000000185. The summed E-state index contributed by atoms with van der Waals surface area (Å²) >= 11 is 3.09. The molecule has 0 aliphatic rings. The second-order valence-corrected chi connectivity index (χ2v) is 8.41. The van der Waals surface area contributed by atoms with Gasteiger partial charge < -0.3 is 5.11 Å². The van der Waals surface area contributed by atoms with Gasteiger partial charge in [-0.3, -0.25) is 4.79 Å². The standard InChI is InChI=1S/C15H12O2.C10H5N4S2.Ir/c16-14(12-7-3-1-4-8-12)11-15(17)13-9-5-2-6-10-13;1-3-7(15-5-1)9-11-13-10(14-12-9)8-4-2-6-16-8;/h1-11,16H;1-3,5-6H;/q;-1;/b14-11-;;. The van der Waals surface area contributed by atoms with Gasteiger partial charge in [-0.2, -0.15) is 22.3 Å². The Morgan fingerprint density at radius 2 is 1.38 bits per heavy atom. The minimum absolute atomic E-state index is 0. The largest absolute Gasteiger partial charge is 0.507 e. The van der Waals surface area contributed by atoms with Gasteiger partial charge in [-0.25, -0.2) is 11.3 Å². The maximum atomic E-state index is 11.8. The molecule has 0 saturated heterocycles. The second-order valence-electron chi connectivity index (χ2n) is 6.54. The topological polar surface area (TPSA) is 88.9 Å². The van der Waals surface area contributed by atoms with Gasteiger partial charge in [0.25, 0.3) is 0 Å². The Labute approximate surface area is 218 Å². The van der Waals surface area contributed by atoms with Crippen LogP contribution in [-0.2, 0) is 20.1 Å². The summed E-state index contributed by atoms with van der Waals surface area (Å²) in [4.78, 5) is 13.6. The van der Waals surface area contributed by atoms with Crippen LogP contribution in [0.15, 0.2) is 95.7 Å². The molecule has 5 aromatic rings. The van der Waals surface area contributed by atoms with E-state index in [1.54, 1.807) is 47.7 Å². The summed E-state index contributed by atoms with van der Waals surface area (Å²) in [6, 6.07) is 26.6. The third-order valence-corrected chi connectivity index (χ3v) is 5.96. The molecule has 0 aliphatic carbocycles. The Morgan fingerprint density at radius 1 is 0.765 bits per heavy atom. The Hall–Kier alpha value is -3.36. The van der Waals surface area contributed by atoms with Gasteiger partial charge in [0, 0.05) is 37.3 Å². The Kier molecular flexibility index (Phi) is 9.49. The van der Waals surface area contributed by atoms with Crippen molar-refractivity contribution in [1.29, 1.82) is 0 Å². The number of aliphatic hydroxyl groups excluding tert-OH is 1. The number of allylic oxidation sites excluding steroid dienone is 1. The maximum absolute atomic E-state index is 11.8. The number of hydrogen-bond donors (Lipinski definition) is 1. The second kappa shape index (κ2) is 12.8. The molecule has 0 atom stereocenters. The van der Waals surface area contributed by atoms with Crippen molar-refractivity contribution in [3.8, 4) is 21.4 Å². The molecule has 5 rings (SSSR count). The first-order valence-electron chi connectivity index (χ1n) is 9.83. The number of ketones is 1. The van der Waals surface area contributed by atoms with Gasteiger partial charge in [0.2, 0.25) is 5.82 Å². The van der Waals surface area contributed by atoms with Crippen LogP contribution in [0.2, 0.25) is 0 Å². The van der Waals surface area contributed by atoms with Crippen LogP contribution < -0.4 is 0 Å². The monoisotopic (exact) mass is 662 g/mol. The number of carbonyl (C=O) groups excluding carboxylic acids is 1. The molecule has 2 aromatic carbocycles. The van der Waals surface area contributed by atoms with Crippen LogP contribution in [0, 0.1) is 6.07 Å². The minimum atomic E-state index is -0.202. The minimum Gasteiger partial charge on any atom is -0.507 e. The Bertz CT molecular complexity index is 1260. The van der Waals surface area contributed by atoms with E-state index in [4.69, 9.17) is 0 Å². The molecule has 1 radical (unpaired) electrons. The van der Waals surface area contributed by atoms with Crippen LogP contribution >= 0.6 is 22.7 Å². The smallest absolute Gasteiger partial charge is 0.211 e. The summed E-state index contributed by atoms with van der Waals surface area (Å²) in [5, 5.41) is 29.9. The van der Waals surface area contributed by atoms with E-state index >= 15 is 0 Å². The van der Waals surface area contributed by atoms with Crippen molar-refractivity contribution in [2.45, 2.75) is 0 Å². The quantitative estimate of drug-likeness (QED) is 0.108. The van der Waals surface area contributed by atoms with E-state index in [1.807, 2.05) is 53.2 Å².